The fraction of sp³-hybridized carbons (Fsp3) is 0.333. The summed E-state index contributed by atoms with van der Waals surface area (Å²) in [6.07, 6.45) is -0.129. The molecule has 2 nitrogen and oxygen atoms in total. The molecular weight excluding hydrogens is 140 g/mol. The molecule has 1 fully saturated rings. The van der Waals surface area contributed by atoms with Gasteiger partial charge in [-0.05, 0) is 0 Å². The fourth-order valence-electron chi connectivity index (χ4n) is 1.16. The first-order chi connectivity index (χ1) is 5.47. The van der Waals surface area contributed by atoms with Crippen LogP contribution in [0.1, 0.15) is 11.9 Å². The Balaban J connectivity index is 2.16. The lowest BCUT2D eigenvalue weighted by Gasteiger charge is -2.07. The summed E-state index contributed by atoms with van der Waals surface area (Å²) in [5.74, 6) is 0. The highest BCUT2D eigenvalue weighted by molar-refractivity contribution is 5.16. The molecule has 1 saturated heterocycles. The summed E-state index contributed by atoms with van der Waals surface area (Å²) in [6, 6.07) is 9.98. The van der Waals surface area contributed by atoms with E-state index in [4.69, 9.17) is 9.47 Å². The monoisotopic (exact) mass is 150 g/mol. The zero-order valence-electron chi connectivity index (χ0n) is 6.19. The number of hydrogen-bond acceptors (Lipinski definition) is 2. The Labute approximate surface area is 65.7 Å². The van der Waals surface area contributed by atoms with Crippen LogP contribution in [0, 0.1) is 0 Å². The summed E-state index contributed by atoms with van der Waals surface area (Å²) in [5.41, 5.74) is 1.10. The molecule has 0 spiro atoms. The Morgan fingerprint density at radius 1 is 1.00 bits per heavy atom. The minimum absolute atomic E-state index is 0.129. The third-order valence-electron chi connectivity index (χ3n) is 1.69. The maximum absolute atomic E-state index is 5.32. The number of rotatable bonds is 1. The van der Waals surface area contributed by atoms with E-state index in [1.807, 2.05) is 30.3 Å². The van der Waals surface area contributed by atoms with Crippen molar-refractivity contribution in [2.45, 2.75) is 6.29 Å². The average Bonchev–Trinajstić information content (AvgIpc) is 2.58. The molecule has 1 heterocycles. The highest BCUT2D eigenvalue weighted by Gasteiger charge is 2.16. The fourth-order valence-corrected chi connectivity index (χ4v) is 1.16. The van der Waals surface area contributed by atoms with Crippen LogP contribution in [0.15, 0.2) is 30.3 Å². The van der Waals surface area contributed by atoms with Gasteiger partial charge in [-0.3, -0.25) is 0 Å². The van der Waals surface area contributed by atoms with Crippen molar-refractivity contribution in [1.82, 2.24) is 0 Å². The third-order valence-corrected chi connectivity index (χ3v) is 1.69. The zero-order valence-corrected chi connectivity index (χ0v) is 6.19. The van der Waals surface area contributed by atoms with Gasteiger partial charge in [-0.2, -0.15) is 0 Å². The lowest BCUT2D eigenvalue weighted by molar-refractivity contribution is -0.0441. The van der Waals surface area contributed by atoms with Gasteiger partial charge >= 0.3 is 0 Å². The van der Waals surface area contributed by atoms with Crippen LogP contribution in [0.4, 0.5) is 0 Å². The summed E-state index contributed by atoms with van der Waals surface area (Å²) in [6.45, 7) is 1.42. The molecule has 1 aromatic carbocycles. The van der Waals surface area contributed by atoms with Gasteiger partial charge in [-0.15, -0.1) is 0 Å². The molecule has 0 atom stereocenters. The summed E-state index contributed by atoms with van der Waals surface area (Å²) in [5, 5.41) is 0. The molecule has 1 aromatic rings. The topological polar surface area (TPSA) is 18.5 Å². The van der Waals surface area contributed by atoms with Crippen molar-refractivity contribution in [3.05, 3.63) is 35.9 Å². The predicted octanol–water partition coefficient (Wildman–Crippen LogP) is 1.73. The third kappa shape index (κ3) is 1.42. The summed E-state index contributed by atoms with van der Waals surface area (Å²) >= 11 is 0. The van der Waals surface area contributed by atoms with E-state index >= 15 is 0 Å². The molecule has 0 unspecified atom stereocenters. The van der Waals surface area contributed by atoms with Crippen molar-refractivity contribution in [3.8, 4) is 0 Å². The van der Waals surface area contributed by atoms with Crippen LogP contribution in [-0.2, 0) is 9.47 Å². The molecule has 0 aromatic heterocycles. The quantitative estimate of drug-likeness (QED) is 0.607. The van der Waals surface area contributed by atoms with Crippen molar-refractivity contribution >= 4 is 0 Å². The van der Waals surface area contributed by atoms with Crippen molar-refractivity contribution in [1.29, 1.82) is 0 Å². The molecule has 0 radical (unpaired) electrons. The maximum Gasteiger partial charge on any atom is 0.184 e. The van der Waals surface area contributed by atoms with Crippen molar-refractivity contribution in [2.75, 3.05) is 13.2 Å². The van der Waals surface area contributed by atoms with Crippen LogP contribution in [0.2, 0.25) is 0 Å². The van der Waals surface area contributed by atoms with E-state index in [9.17, 15) is 0 Å². The molecule has 2 heteroatoms. The van der Waals surface area contributed by atoms with E-state index in [2.05, 4.69) is 0 Å². The molecule has 11 heavy (non-hydrogen) atoms. The summed E-state index contributed by atoms with van der Waals surface area (Å²) < 4.78 is 10.6. The number of ether oxygens (including phenoxy) is 2. The molecule has 0 saturated carbocycles. The number of benzene rings is 1. The van der Waals surface area contributed by atoms with Gasteiger partial charge in [0.1, 0.15) is 0 Å². The average molecular weight is 150 g/mol. The molecule has 2 rings (SSSR count). The Bertz CT molecular complexity index is 214. The van der Waals surface area contributed by atoms with Gasteiger partial charge in [-0.1, -0.05) is 30.3 Å². The second-order valence-electron chi connectivity index (χ2n) is 2.48. The second-order valence-corrected chi connectivity index (χ2v) is 2.48. The SMILES string of the molecule is c1ccc(C2OCCO2)cc1. The number of hydrogen-bond donors (Lipinski definition) is 0. The minimum atomic E-state index is -0.129. The molecular formula is C9H10O2. The van der Waals surface area contributed by atoms with Crippen LogP contribution in [0.5, 0.6) is 0 Å². The standard InChI is InChI=1S/C9H10O2/c1-2-4-8(5-3-1)9-10-6-7-11-9/h1-5,9H,6-7H2. The van der Waals surface area contributed by atoms with Gasteiger partial charge in [0.2, 0.25) is 0 Å². The lowest BCUT2D eigenvalue weighted by atomic mass is 10.2. The van der Waals surface area contributed by atoms with Gasteiger partial charge < -0.3 is 9.47 Å². The lowest BCUT2D eigenvalue weighted by Crippen LogP contribution is -1.96. The van der Waals surface area contributed by atoms with E-state index in [0.717, 1.165) is 5.56 Å². The summed E-state index contributed by atoms with van der Waals surface area (Å²) in [7, 11) is 0. The Hall–Kier alpha value is -0.860. The smallest absolute Gasteiger partial charge is 0.184 e. The van der Waals surface area contributed by atoms with Crippen LogP contribution in [0.25, 0.3) is 0 Å². The largest absolute Gasteiger partial charge is 0.346 e. The van der Waals surface area contributed by atoms with E-state index in [0.29, 0.717) is 13.2 Å². The maximum atomic E-state index is 5.32. The molecule has 0 bridgehead atoms. The van der Waals surface area contributed by atoms with Crippen molar-refractivity contribution in [3.63, 3.8) is 0 Å². The van der Waals surface area contributed by atoms with E-state index in [1.54, 1.807) is 0 Å². The Kier molecular flexibility index (Phi) is 1.88. The molecule has 0 N–H and O–H groups in total. The van der Waals surface area contributed by atoms with Crippen LogP contribution in [-0.4, -0.2) is 13.2 Å². The van der Waals surface area contributed by atoms with Gasteiger partial charge in [-0.25, -0.2) is 0 Å². The zero-order chi connectivity index (χ0) is 7.52. The van der Waals surface area contributed by atoms with E-state index in [-0.39, 0.29) is 6.29 Å². The summed E-state index contributed by atoms with van der Waals surface area (Å²) in [4.78, 5) is 0. The van der Waals surface area contributed by atoms with Crippen LogP contribution >= 0.6 is 0 Å². The first kappa shape index (κ1) is 6.83. The van der Waals surface area contributed by atoms with Crippen LogP contribution < -0.4 is 0 Å². The molecule has 58 valence electrons. The molecule has 0 amide bonds. The van der Waals surface area contributed by atoms with E-state index < -0.39 is 0 Å². The second kappa shape index (κ2) is 3.03. The van der Waals surface area contributed by atoms with Gasteiger partial charge in [0.25, 0.3) is 0 Å². The minimum Gasteiger partial charge on any atom is -0.346 e. The highest BCUT2D eigenvalue weighted by atomic mass is 16.7. The molecule has 1 aliphatic heterocycles. The predicted molar refractivity (Wildman–Crippen MR) is 41.1 cm³/mol. The van der Waals surface area contributed by atoms with Crippen molar-refractivity contribution < 1.29 is 9.47 Å². The van der Waals surface area contributed by atoms with E-state index in [1.165, 1.54) is 0 Å². The van der Waals surface area contributed by atoms with Gasteiger partial charge in [0.05, 0.1) is 13.2 Å². The first-order valence-corrected chi connectivity index (χ1v) is 3.75. The molecule has 0 aliphatic carbocycles. The normalized spacial score (nSPS) is 18.9. The highest BCUT2D eigenvalue weighted by Crippen LogP contribution is 2.21. The first-order valence-electron chi connectivity index (χ1n) is 3.75. The van der Waals surface area contributed by atoms with Crippen LogP contribution in [0.3, 0.4) is 0 Å². The Morgan fingerprint density at radius 2 is 1.64 bits per heavy atom. The van der Waals surface area contributed by atoms with Gasteiger partial charge in [0.15, 0.2) is 6.29 Å². The Morgan fingerprint density at radius 3 is 2.27 bits per heavy atom. The van der Waals surface area contributed by atoms with Gasteiger partial charge in [0, 0.05) is 5.56 Å². The van der Waals surface area contributed by atoms with Crippen molar-refractivity contribution in [2.24, 2.45) is 0 Å². The molecule has 1 aliphatic rings.